The van der Waals surface area contributed by atoms with E-state index in [-0.39, 0.29) is 24.4 Å². The largest absolute Gasteiger partial charge is 0.486 e. The zero-order valence-electron chi connectivity index (χ0n) is 15.3. The molecule has 9 heteroatoms. The fraction of sp³-hybridized carbons (Fsp3) is 0.368. The Morgan fingerprint density at radius 1 is 1.11 bits per heavy atom. The number of halogens is 2. The highest BCUT2D eigenvalue weighted by atomic mass is 32.1. The Hall–Kier alpha value is -2.68. The Balaban J connectivity index is 1.53. The third-order valence-corrected chi connectivity index (χ3v) is 5.21. The van der Waals surface area contributed by atoms with Gasteiger partial charge in [0.15, 0.2) is 11.6 Å². The third kappa shape index (κ3) is 4.78. The molecule has 1 aliphatic rings. The first-order chi connectivity index (χ1) is 13.5. The number of piperazine rings is 1. The number of ether oxygens (including phenoxy) is 2. The highest BCUT2D eigenvalue weighted by molar-refractivity contribution is 7.12. The maximum atomic E-state index is 13.6. The van der Waals surface area contributed by atoms with Crippen molar-refractivity contribution in [1.29, 1.82) is 0 Å². The maximum Gasteiger partial charge on any atom is 0.409 e. The van der Waals surface area contributed by atoms with Gasteiger partial charge in [0, 0.05) is 37.8 Å². The Kier molecular flexibility index (Phi) is 6.45. The van der Waals surface area contributed by atoms with Crippen LogP contribution in [0.4, 0.5) is 13.6 Å². The molecular weight excluding hydrogens is 390 g/mol. The van der Waals surface area contributed by atoms with Gasteiger partial charge in [-0.3, -0.25) is 4.79 Å². The second-order valence-electron chi connectivity index (χ2n) is 6.16. The summed E-state index contributed by atoms with van der Waals surface area (Å²) in [5.74, 6) is -1.61. The molecule has 0 saturated carbocycles. The lowest BCUT2D eigenvalue weighted by atomic mass is 10.2. The van der Waals surface area contributed by atoms with Crippen LogP contribution in [-0.2, 0) is 11.3 Å². The van der Waals surface area contributed by atoms with Crippen LogP contribution < -0.4 is 4.74 Å². The summed E-state index contributed by atoms with van der Waals surface area (Å²) in [5.41, 5.74) is 0.724. The molecule has 2 aromatic rings. The number of nitrogens with zero attached hydrogens (tertiary/aromatic N) is 2. The van der Waals surface area contributed by atoms with Crippen molar-refractivity contribution in [1.82, 2.24) is 9.80 Å². The molecule has 0 unspecified atom stereocenters. The molecule has 1 aromatic heterocycles. The summed E-state index contributed by atoms with van der Waals surface area (Å²) >= 11 is 1.28. The van der Waals surface area contributed by atoms with E-state index in [2.05, 4.69) is 0 Å². The van der Waals surface area contributed by atoms with Gasteiger partial charge in [0.1, 0.15) is 12.4 Å². The summed E-state index contributed by atoms with van der Waals surface area (Å²) in [4.78, 5) is 28.2. The van der Waals surface area contributed by atoms with E-state index in [4.69, 9.17) is 9.47 Å². The molecule has 6 nitrogen and oxygen atoms in total. The highest BCUT2D eigenvalue weighted by Crippen LogP contribution is 2.22. The molecule has 28 heavy (non-hydrogen) atoms. The fourth-order valence-corrected chi connectivity index (χ4v) is 3.64. The van der Waals surface area contributed by atoms with Crippen molar-refractivity contribution in [3.05, 3.63) is 51.7 Å². The Labute approximate surface area is 165 Å². The Morgan fingerprint density at radius 3 is 2.50 bits per heavy atom. The van der Waals surface area contributed by atoms with Crippen LogP contribution in [-0.4, -0.2) is 54.6 Å². The van der Waals surface area contributed by atoms with E-state index < -0.39 is 11.6 Å². The van der Waals surface area contributed by atoms with Gasteiger partial charge in [0.2, 0.25) is 0 Å². The molecule has 150 valence electrons. The monoisotopic (exact) mass is 410 g/mol. The number of amides is 2. The van der Waals surface area contributed by atoms with Gasteiger partial charge in [0.05, 0.1) is 11.5 Å². The van der Waals surface area contributed by atoms with E-state index in [1.54, 1.807) is 28.2 Å². The zero-order valence-corrected chi connectivity index (χ0v) is 16.1. The van der Waals surface area contributed by atoms with E-state index in [1.807, 2.05) is 0 Å². The molecule has 0 aliphatic carbocycles. The van der Waals surface area contributed by atoms with Gasteiger partial charge in [0.25, 0.3) is 5.91 Å². The first-order valence-corrected chi connectivity index (χ1v) is 9.72. The summed E-state index contributed by atoms with van der Waals surface area (Å²) in [6, 6.07) is 4.81. The average molecular weight is 410 g/mol. The molecule has 1 fully saturated rings. The van der Waals surface area contributed by atoms with Gasteiger partial charge in [-0.25, -0.2) is 13.6 Å². The van der Waals surface area contributed by atoms with Gasteiger partial charge in [-0.2, -0.15) is 0 Å². The van der Waals surface area contributed by atoms with Gasteiger partial charge >= 0.3 is 6.09 Å². The normalized spacial score (nSPS) is 14.1. The van der Waals surface area contributed by atoms with Crippen LogP contribution in [0.3, 0.4) is 0 Å². The van der Waals surface area contributed by atoms with Crippen molar-refractivity contribution < 1.29 is 27.8 Å². The lowest BCUT2D eigenvalue weighted by Gasteiger charge is -2.33. The summed E-state index contributed by atoms with van der Waals surface area (Å²) in [7, 11) is 0. The van der Waals surface area contributed by atoms with E-state index >= 15 is 0 Å². The topological polar surface area (TPSA) is 59.1 Å². The van der Waals surface area contributed by atoms with E-state index in [0.29, 0.717) is 37.7 Å². The molecule has 0 N–H and O–H groups in total. The van der Waals surface area contributed by atoms with Gasteiger partial charge in [-0.1, -0.05) is 0 Å². The van der Waals surface area contributed by atoms with Gasteiger partial charge < -0.3 is 19.3 Å². The van der Waals surface area contributed by atoms with Crippen LogP contribution in [0, 0.1) is 11.6 Å². The third-order valence-electron chi connectivity index (χ3n) is 4.25. The number of carbonyl (C=O) groups is 2. The molecule has 1 aliphatic heterocycles. The molecule has 2 heterocycles. The molecular formula is C19H20F2N2O4S. The average Bonchev–Trinajstić information content (AvgIpc) is 3.16. The maximum absolute atomic E-state index is 13.6. The number of rotatable bonds is 5. The SMILES string of the molecule is CCOC(=O)N1CCN(C(=O)c2cc(COc3ccc(F)cc3F)cs2)CC1. The minimum atomic E-state index is -0.772. The second kappa shape index (κ2) is 9.01. The van der Waals surface area contributed by atoms with Crippen LogP contribution in [0.15, 0.2) is 29.6 Å². The number of thiophene rings is 1. The van der Waals surface area contributed by atoms with Crippen molar-refractivity contribution >= 4 is 23.3 Å². The van der Waals surface area contributed by atoms with Crippen LogP contribution in [0.5, 0.6) is 5.75 Å². The number of benzene rings is 1. The van der Waals surface area contributed by atoms with Gasteiger partial charge in [-0.15, -0.1) is 11.3 Å². The van der Waals surface area contributed by atoms with Crippen LogP contribution in [0.1, 0.15) is 22.2 Å². The summed E-state index contributed by atoms with van der Waals surface area (Å²) in [6.07, 6.45) is -0.363. The lowest BCUT2D eigenvalue weighted by Crippen LogP contribution is -2.50. The van der Waals surface area contributed by atoms with Crippen LogP contribution >= 0.6 is 11.3 Å². The van der Waals surface area contributed by atoms with Gasteiger partial charge in [-0.05, 0) is 30.5 Å². The van der Waals surface area contributed by atoms with Crippen molar-refractivity contribution in [3.8, 4) is 5.75 Å². The Bertz CT molecular complexity index is 850. The number of carbonyl (C=O) groups excluding carboxylic acids is 2. The van der Waals surface area contributed by atoms with Crippen molar-refractivity contribution in [2.24, 2.45) is 0 Å². The number of hydrogen-bond acceptors (Lipinski definition) is 5. The minimum absolute atomic E-state index is 0.0458. The summed E-state index contributed by atoms with van der Waals surface area (Å²) < 4.78 is 36.9. The smallest absolute Gasteiger partial charge is 0.409 e. The fourth-order valence-electron chi connectivity index (χ4n) is 2.78. The van der Waals surface area contributed by atoms with Crippen LogP contribution in [0.25, 0.3) is 0 Å². The summed E-state index contributed by atoms with van der Waals surface area (Å²) in [5, 5.41) is 1.77. The minimum Gasteiger partial charge on any atom is -0.486 e. The molecule has 2 amide bonds. The molecule has 3 rings (SSSR count). The lowest BCUT2D eigenvalue weighted by molar-refractivity contribution is 0.0574. The Morgan fingerprint density at radius 2 is 1.82 bits per heavy atom. The number of hydrogen-bond donors (Lipinski definition) is 0. The quantitative estimate of drug-likeness (QED) is 0.757. The highest BCUT2D eigenvalue weighted by Gasteiger charge is 2.26. The van der Waals surface area contributed by atoms with Crippen molar-refractivity contribution in [2.45, 2.75) is 13.5 Å². The van der Waals surface area contributed by atoms with Crippen LogP contribution in [0.2, 0.25) is 0 Å². The first kappa shape index (κ1) is 20.1. The molecule has 1 aromatic carbocycles. The van der Waals surface area contributed by atoms with Crippen molar-refractivity contribution in [2.75, 3.05) is 32.8 Å². The molecule has 0 atom stereocenters. The van der Waals surface area contributed by atoms with Crippen molar-refractivity contribution in [3.63, 3.8) is 0 Å². The standard InChI is InChI=1S/C19H20F2N2O4S/c1-2-26-19(25)23-7-5-22(6-8-23)18(24)17-9-13(12-28-17)11-27-16-4-3-14(20)10-15(16)21/h3-4,9-10,12H,2,5-8,11H2,1H3. The molecule has 1 saturated heterocycles. The predicted molar refractivity (Wildman–Crippen MR) is 99.5 cm³/mol. The molecule has 0 spiro atoms. The van der Waals surface area contributed by atoms with E-state index in [1.165, 1.54) is 17.4 Å². The second-order valence-corrected chi connectivity index (χ2v) is 7.07. The predicted octanol–water partition coefficient (Wildman–Crippen LogP) is 3.52. The zero-order chi connectivity index (χ0) is 20.1. The molecule has 0 radical (unpaired) electrons. The molecule has 0 bridgehead atoms. The summed E-state index contributed by atoms with van der Waals surface area (Å²) in [6.45, 7) is 3.86. The van der Waals surface area contributed by atoms with E-state index in [9.17, 15) is 18.4 Å². The van der Waals surface area contributed by atoms with E-state index in [0.717, 1.165) is 17.7 Å². The first-order valence-electron chi connectivity index (χ1n) is 8.84.